The molecule has 0 saturated carbocycles. The molecule has 8 heteroatoms. The molecule has 0 aliphatic carbocycles. The Morgan fingerprint density at radius 3 is 2.28 bits per heavy atom. The molecular formula is C28H39N3O4S. The summed E-state index contributed by atoms with van der Waals surface area (Å²) in [5, 5.41) is 5.71. The fourth-order valence-electron chi connectivity index (χ4n) is 3.89. The molecule has 3 amide bonds. The number of carbonyl (C=O) groups excluding carboxylic acids is 3. The number of hydrogen-bond acceptors (Lipinski definition) is 5. The van der Waals surface area contributed by atoms with Crippen LogP contribution in [-0.4, -0.2) is 53.5 Å². The van der Waals surface area contributed by atoms with Crippen LogP contribution in [0.15, 0.2) is 42.5 Å². The summed E-state index contributed by atoms with van der Waals surface area (Å²) >= 11 is 1.58. The molecule has 2 unspecified atom stereocenters. The Labute approximate surface area is 219 Å². The highest BCUT2D eigenvalue weighted by Gasteiger charge is 2.34. The lowest BCUT2D eigenvalue weighted by Gasteiger charge is -2.32. The first kappa shape index (κ1) is 29.2. The number of para-hydroxylation sites is 1. The number of hydrogen-bond donors (Lipinski definition) is 2. The van der Waals surface area contributed by atoms with E-state index in [0.29, 0.717) is 17.9 Å². The van der Waals surface area contributed by atoms with E-state index >= 15 is 0 Å². The largest absolute Gasteiger partial charge is 0.444 e. The number of aryl methyl sites for hydroxylation is 3. The van der Waals surface area contributed by atoms with E-state index in [-0.39, 0.29) is 11.8 Å². The van der Waals surface area contributed by atoms with Gasteiger partial charge < -0.3 is 20.3 Å². The molecule has 0 radical (unpaired) electrons. The van der Waals surface area contributed by atoms with Crippen molar-refractivity contribution in [2.45, 2.75) is 65.6 Å². The zero-order valence-electron chi connectivity index (χ0n) is 22.6. The number of rotatable bonds is 9. The number of alkyl carbamates (subject to hydrolysis) is 1. The molecule has 2 rings (SSSR count). The van der Waals surface area contributed by atoms with Crippen LogP contribution in [0.4, 0.5) is 10.5 Å². The van der Waals surface area contributed by atoms with Gasteiger partial charge in [-0.2, -0.15) is 11.8 Å². The normalized spacial score (nSPS) is 12.9. The molecule has 2 N–H and O–H groups in total. The van der Waals surface area contributed by atoms with E-state index in [0.717, 1.165) is 22.3 Å². The Morgan fingerprint density at radius 2 is 1.69 bits per heavy atom. The smallest absolute Gasteiger partial charge is 0.408 e. The Bertz CT molecular complexity index is 1080. The number of amides is 3. The maximum Gasteiger partial charge on any atom is 0.408 e. The first-order valence-electron chi connectivity index (χ1n) is 12.0. The van der Waals surface area contributed by atoms with Crippen LogP contribution in [0.5, 0.6) is 0 Å². The molecule has 7 nitrogen and oxygen atoms in total. The molecule has 0 aliphatic heterocycles. The summed E-state index contributed by atoms with van der Waals surface area (Å²) in [7, 11) is 1.60. The summed E-state index contributed by atoms with van der Waals surface area (Å²) in [5.41, 5.74) is 3.60. The minimum absolute atomic E-state index is 0.326. The van der Waals surface area contributed by atoms with Crippen LogP contribution in [-0.2, 0) is 14.3 Å². The zero-order chi connectivity index (χ0) is 27.0. The number of anilines is 1. The van der Waals surface area contributed by atoms with Crippen LogP contribution < -0.4 is 10.6 Å². The lowest BCUT2D eigenvalue weighted by atomic mass is 9.96. The van der Waals surface area contributed by atoms with Crippen molar-refractivity contribution in [1.29, 1.82) is 0 Å². The highest BCUT2D eigenvalue weighted by atomic mass is 32.2. The van der Waals surface area contributed by atoms with E-state index in [1.807, 2.05) is 69.5 Å². The van der Waals surface area contributed by atoms with Crippen molar-refractivity contribution in [2.75, 3.05) is 24.4 Å². The third-order valence-electron chi connectivity index (χ3n) is 5.71. The maximum absolute atomic E-state index is 13.7. The highest BCUT2D eigenvalue weighted by molar-refractivity contribution is 7.98. The van der Waals surface area contributed by atoms with Crippen LogP contribution >= 0.6 is 11.8 Å². The molecule has 196 valence electrons. The van der Waals surface area contributed by atoms with Gasteiger partial charge >= 0.3 is 6.09 Å². The van der Waals surface area contributed by atoms with Crippen molar-refractivity contribution in [1.82, 2.24) is 10.2 Å². The van der Waals surface area contributed by atoms with Crippen molar-refractivity contribution in [3.05, 3.63) is 64.7 Å². The van der Waals surface area contributed by atoms with Crippen molar-refractivity contribution in [3.8, 4) is 0 Å². The average molecular weight is 514 g/mol. The number of nitrogens with zero attached hydrogens (tertiary/aromatic N) is 1. The van der Waals surface area contributed by atoms with E-state index < -0.39 is 23.8 Å². The van der Waals surface area contributed by atoms with Gasteiger partial charge in [-0.25, -0.2) is 4.79 Å². The number of likely N-dealkylation sites (N-methyl/N-ethyl adjacent to an activating group) is 1. The van der Waals surface area contributed by atoms with E-state index in [1.165, 1.54) is 4.90 Å². The molecule has 0 saturated heterocycles. The lowest BCUT2D eigenvalue weighted by Crippen LogP contribution is -2.51. The molecule has 0 spiro atoms. The second-order valence-corrected chi connectivity index (χ2v) is 11.0. The summed E-state index contributed by atoms with van der Waals surface area (Å²) in [6, 6.07) is 11.6. The predicted molar refractivity (Wildman–Crippen MR) is 147 cm³/mol. The standard InChI is InChI=1S/C28H39N3O4S/c1-18-13-14-21(20(3)17-18)24(25(32)29-22-12-10-9-11-19(22)2)31(7)26(33)23(15-16-36-8)30-27(34)35-28(4,5)6/h9-14,17,23-24H,15-16H2,1-8H3,(H,29,32)(H,30,34). The molecule has 0 aromatic heterocycles. The fourth-order valence-corrected chi connectivity index (χ4v) is 4.36. The van der Waals surface area contributed by atoms with Gasteiger partial charge in [0.05, 0.1) is 0 Å². The molecule has 2 atom stereocenters. The van der Waals surface area contributed by atoms with Gasteiger partial charge in [0.1, 0.15) is 17.7 Å². The highest BCUT2D eigenvalue weighted by Crippen LogP contribution is 2.27. The second kappa shape index (κ2) is 12.8. The maximum atomic E-state index is 13.7. The SMILES string of the molecule is CSCCC(NC(=O)OC(C)(C)C)C(=O)N(C)C(C(=O)Nc1ccccc1C)c1ccc(C)cc1C. The molecular weight excluding hydrogens is 474 g/mol. The van der Waals surface area contributed by atoms with Crippen molar-refractivity contribution in [3.63, 3.8) is 0 Å². The molecule has 0 bridgehead atoms. The van der Waals surface area contributed by atoms with E-state index in [2.05, 4.69) is 10.6 Å². The van der Waals surface area contributed by atoms with Gasteiger partial charge in [-0.05, 0) is 82.7 Å². The van der Waals surface area contributed by atoms with Crippen LogP contribution in [0.25, 0.3) is 0 Å². The Balaban J connectivity index is 2.42. The van der Waals surface area contributed by atoms with Crippen LogP contribution in [0, 0.1) is 20.8 Å². The first-order chi connectivity index (χ1) is 16.8. The fraction of sp³-hybridized carbons (Fsp3) is 0.464. The molecule has 0 heterocycles. The van der Waals surface area contributed by atoms with Gasteiger partial charge in [-0.15, -0.1) is 0 Å². The Kier molecular flexibility index (Phi) is 10.4. The summed E-state index contributed by atoms with van der Waals surface area (Å²) in [6.45, 7) is 11.1. The third-order valence-corrected chi connectivity index (χ3v) is 6.35. The summed E-state index contributed by atoms with van der Waals surface area (Å²) in [6.07, 6.45) is 1.68. The average Bonchev–Trinajstić information content (AvgIpc) is 2.78. The van der Waals surface area contributed by atoms with Gasteiger partial charge in [0.15, 0.2) is 0 Å². The Morgan fingerprint density at radius 1 is 1.03 bits per heavy atom. The van der Waals surface area contributed by atoms with Gasteiger partial charge in [0, 0.05) is 12.7 Å². The first-order valence-corrected chi connectivity index (χ1v) is 13.4. The quantitative estimate of drug-likeness (QED) is 0.469. The van der Waals surface area contributed by atoms with E-state index in [9.17, 15) is 14.4 Å². The summed E-state index contributed by atoms with van der Waals surface area (Å²) in [5.74, 6) is -0.0308. The van der Waals surface area contributed by atoms with E-state index in [4.69, 9.17) is 4.74 Å². The minimum atomic E-state index is -0.894. The monoisotopic (exact) mass is 513 g/mol. The molecule has 0 fully saturated rings. The van der Waals surface area contributed by atoms with Gasteiger partial charge in [0.25, 0.3) is 5.91 Å². The number of nitrogens with one attached hydrogen (secondary N) is 2. The molecule has 2 aromatic rings. The second-order valence-electron chi connectivity index (χ2n) is 10.00. The Hall–Kier alpha value is -3.00. The third kappa shape index (κ3) is 8.29. The van der Waals surface area contributed by atoms with E-state index in [1.54, 1.807) is 39.6 Å². The molecule has 0 aliphatic rings. The van der Waals surface area contributed by atoms with Gasteiger partial charge in [0.2, 0.25) is 5.91 Å². The topological polar surface area (TPSA) is 87.7 Å². The van der Waals surface area contributed by atoms with Crippen LogP contribution in [0.1, 0.15) is 55.5 Å². The van der Waals surface area contributed by atoms with Crippen molar-refractivity contribution in [2.24, 2.45) is 0 Å². The summed E-state index contributed by atoms with van der Waals surface area (Å²) in [4.78, 5) is 41.3. The van der Waals surface area contributed by atoms with Gasteiger partial charge in [-0.3, -0.25) is 9.59 Å². The van der Waals surface area contributed by atoms with Crippen molar-refractivity contribution >= 4 is 35.4 Å². The number of thioether (sulfide) groups is 1. The summed E-state index contributed by atoms with van der Waals surface area (Å²) < 4.78 is 5.39. The van der Waals surface area contributed by atoms with Crippen LogP contribution in [0.2, 0.25) is 0 Å². The number of carbonyl (C=O) groups is 3. The molecule has 36 heavy (non-hydrogen) atoms. The van der Waals surface area contributed by atoms with Crippen LogP contribution in [0.3, 0.4) is 0 Å². The zero-order valence-corrected chi connectivity index (χ0v) is 23.4. The minimum Gasteiger partial charge on any atom is -0.444 e. The molecule has 2 aromatic carbocycles. The number of benzene rings is 2. The van der Waals surface area contributed by atoms with Gasteiger partial charge in [-0.1, -0.05) is 42.0 Å². The predicted octanol–water partition coefficient (Wildman–Crippen LogP) is 5.40. The number of ether oxygens (including phenoxy) is 1. The van der Waals surface area contributed by atoms with Crippen molar-refractivity contribution < 1.29 is 19.1 Å². The lowest BCUT2D eigenvalue weighted by molar-refractivity contribution is -0.139.